The molecule has 0 saturated carbocycles. The summed E-state index contributed by atoms with van der Waals surface area (Å²) in [6.07, 6.45) is 4.92. The second-order valence-electron chi connectivity index (χ2n) is 10.6. The molecular weight excluding hydrogens is 571 g/mol. The SMILES string of the molecule is Cc1ccnc(Oc2ccc(-c3nc4c(c5c3NC(C)(Cl)N5C3CCN(S(C)(=O)=O)CC3)CC(=O)C(F)=C4)cc2)n1. The molecule has 1 aromatic carbocycles. The molecule has 1 unspecified atom stereocenters. The van der Waals surface area contributed by atoms with E-state index in [0.29, 0.717) is 60.0 Å². The number of nitrogens with zero attached hydrogens (tertiary/aromatic N) is 5. The summed E-state index contributed by atoms with van der Waals surface area (Å²) in [5.41, 5.74) is 4.31. The van der Waals surface area contributed by atoms with Gasteiger partial charge in [0.2, 0.25) is 10.0 Å². The molecule has 214 valence electrons. The van der Waals surface area contributed by atoms with Gasteiger partial charge in [-0.25, -0.2) is 32.1 Å². The maximum Gasteiger partial charge on any atom is 0.322 e. The van der Waals surface area contributed by atoms with Gasteiger partial charge in [0, 0.05) is 54.6 Å². The van der Waals surface area contributed by atoms with Crippen LogP contribution < -0.4 is 15.0 Å². The number of fused-ring (bicyclic) bond motifs is 3. The lowest BCUT2D eigenvalue weighted by molar-refractivity contribution is -0.116. The first kappa shape index (κ1) is 27.6. The average Bonchev–Trinajstić information content (AvgIpc) is 3.20. The Kier molecular flexibility index (Phi) is 6.74. The van der Waals surface area contributed by atoms with Gasteiger partial charge in [-0.1, -0.05) is 11.6 Å². The van der Waals surface area contributed by atoms with Crippen molar-refractivity contribution < 1.29 is 22.3 Å². The number of alkyl halides is 1. The first-order chi connectivity index (χ1) is 19.4. The van der Waals surface area contributed by atoms with Crippen LogP contribution in [0, 0.1) is 6.92 Å². The number of allylic oxidation sites excluding steroid dienone is 1. The zero-order chi connectivity index (χ0) is 29.1. The van der Waals surface area contributed by atoms with Crippen LogP contribution in [0.15, 0.2) is 42.4 Å². The summed E-state index contributed by atoms with van der Waals surface area (Å²) >= 11 is 7.10. The van der Waals surface area contributed by atoms with Crippen molar-refractivity contribution in [1.29, 1.82) is 0 Å². The van der Waals surface area contributed by atoms with E-state index in [-0.39, 0.29) is 18.5 Å². The van der Waals surface area contributed by atoms with E-state index in [2.05, 4.69) is 15.3 Å². The van der Waals surface area contributed by atoms with Gasteiger partial charge >= 0.3 is 6.01 Å². The highest BCUT2D eigenvalue weighted by Gasteiger charge is 2.47. The number of hydrogen-bond acceptors (Lipinski definition) is 9. The third-order valence-electron chi connectivity index (χ3n) is 7.58. The predicted molar refractivity (Wildman–Crippen MR) is 154 cm³/mol. The van der Waals surface area contributed by atoms with Crippen molar-refractivity contribution >= 4 is 44.9 Å². The zero-order valence-electron chi connectivity index (χ0n) is 22.7. The van der Waals surface area contributed by atoms with Crippen molar-refractivity contribution in [2.75, 3.05) is 29.6 Å². The molecule has 1 aliphatic carbocycles. The molecule has 41 heavy (non-hydrogen) atoms. The Balaban J connectivity index is 1.41. The van der Waals surface area contributed by atoms with Gasteiger partial charge in [0.25, 0.3) is 0 Å². The number of sulfonamides is 1. The summed E-state index contributed by atoms with van der Waals surface area (Å²) in [5.74, 6) is -0.936. The summed E-state index contributed by atoms with van der Waals surface area (Å²) in [6.45, 7) is 4.36. The van der Waals surface area contributed by atoms with Gasteiger partial charge < -0.3 is 15.0 Å². The number of Topliss-reactive ketones (excluding diaryl/α,β-unsaturated/α-hetero) is 1. The molecule has 6 rings (SSSR count). The highest BCUT2D eigenvalue weighted by Crippen LogP contribution is 2.52. The Bertz CT molecular complexity index is 1690. The Morgan fingerprint density at radius 3 is 2.51 bits per heavy atom. The Morgan fingerprint density at radius 1 is 1.15 bits per heavy atom. The summed E-state index contributed by atoms with van der Waals surface area (Å²) < 4.78 is 46.0. The molecule has 0 spiro atoms. The van der Waals surface area contributed by atoms with Crippen LogP contribution in [0.3, 0.4) is 0 Å². The minimum absolute atomic E-state index is 0.125. The van der Waals surface area contributed by atoms with E-state index in [1.165, 1.54) is 16.6 Å². The van der Waals surface area contributed by atoms with E-state index < -0.39 is 26.8 Å². The van der Waals surface area contributed by atoms with Gasteiger partial charge in [-0.3, -0.25) is 4.79 Å². The molecule has 2 aliphatic heterocycles. The number of nitrogens with one attached hydrogen (secondary N) is 1. The average molecular weight is 599 g/mol. The number of aromatic nitrogens is 3. The van der Waals surface area contributed by atoms with Gasteiger partial charge in [-0.2, -0.15) is 0 Å². The Hall–Kier alpha value is -3.61. The largest absolute Gasteiger partial charge is 0.424 e. The molecule has 1 fully saturated rings. The lowest BCUT2D eigenvalue weighted by atomic mass is 9.94. The lowest BCUT2D eigenvalue weighted by Crippen LogP contribution is -2.54. The zero-order valence-corrected chi connectivity index (χ0v) is 24.3. The van der Waals surface area contributed by atoms with Crippen LogP contribution in [-0.4, -0.2) is 64.0 Å². The van der Waals surface area contributed by atoms with Crippen LogP contribution in [0.2, 0.25) is 0 Å². The number of piperidine rings is 1. The van der Waals surface area contributed by atoms with Crippen molar-refractivity contribution in [1.82, 2.24) is 19.3 Å². The number of benzene rings is 1. The number of halogens is 2. The Morgan fingerprint density at radius 2 is 1.85 bits per heavy atom. The van der Waals surface area contributed by atoms with E-state index in [1.54, 1.807) is 24.4 Å². The monoisotopic (exact) mass is 598 g/mol. The van der Waals surface area contributed by atoms with Crippen LogP contribution in [0.5, 0.6) is 11.8 Å². The number of pyridine rings is 1. The van der Waals surface area contributed by atoms with Crippen LogP contribution >= 0.6 is 11.6 Å². The molecule has 3 aromatic rings. The number of carbonyl (C=O) groups excluding carboxylic acids is 1. The second kappa shape index (κ2) is 10.0. The van der Waals surface area contributed by atoms with Crippen LogP contribution in [0.1, 0.15) is 36.7 Å². The fourth-order valence-electron chi connectivity index (χ4n) is 5.68. The molecule has 0 bridgehead atoms. The highest BCUT2D eigenvalue weighted by molar-refractivity contribution is 7.88. The molecule has 4 heterocycles. The minimum atomic E-state index is -3.31. The van der Waals surface area contributed by atoms with Gasteiger partial charge in [0.1, 0.15) is 5.75 Å². The van der Waals surface area contributed by atoms with Gasteiger partial charge in [-0.15, -0.1) is 0 Å². The van der Waals surface area contributed by atoms with Crippen LogP contribution in [0.25, 0.3) is 17.3 Å². The number of anilines is 2. The summed E-state index contributed by atoms with van der Waals surface area (Å²) in [4.78, 5) is 27.7. The molecule has 0 radical (unpaired) electrons. The topological polar surface area (TPSA) is 118 Å². The van der Waals surface area contributed by atoms with E-state index >= 15 is 0 Å². The Labute approximate surface area is 242 Å². The molecule has 1 saturated heterocycles. The van der Waals surface area contributed by atoms with E-state index in [0.717, 1.165) is 11.3 Å². The van der Waals surface area contributed by atoms with E-state index in [1.807, 2.05) is 30.9 Å². The predicted octanol–water partition coefficient (Wildman–Crippen LogP) is 4.64. The maximum atomic E-state index is 14.5. The van der Waals surface area contributed by atoms with E-state index in [4.69, 9.17) is 21.3 Å². The van der Waals surface area contributed by atoms with Crippen LogP contribution in [0.4, 0.5) is 15.8 Å². The molecule has 0 amide bonds. The van der Waals surface area contributed by atoms with Crippen molar-refractivity contribution in [3.8, 4) is 23.0 Å². The minimum Gasteiger partial charge on any atom is -0.424 e. The molecule has 10 nitrogen and oxygen atoms in total. The number of ether oxygens (including phenoxy) is 1. The normalized spacial score (nSPS) is 21.2. The fourth-order valence-corrected chi connectivity index (χ4v) is 6.87. The van der Waals surface area contributed by atoms with Crippen molar-refractivity contribution in [2.24, 2.45) is 0 Å². The number of aryl methyl sites for hydroxylation is 1. The lowest BCUT2D eigenvalue weighted by Gasteiger charge is -2.42. The quantitative estimate of drug-likeness (QED) is 0.331. The molecule has 1 N–H and O–H groups in total. The van der Waals surface area contributed by atoms with Crippen molar-refractivity contribution in [2.45, 2.75) is 44.3 Å². The third kappa shape index (κ3) is 5.15. The van der Waals surface area contributed by atoms with Gasteiger partial charge in [0.15, 0.2) is 16.7 Å². The number of hydrogen-bond donors (Lipinski definition) is 1. The maximum absolute atomic E-state index is 14.5. The summed E-state index contributed by atoms with van der Waals surface area (Å²) in [6, 6.07) is 9.07. The van der Waals surface area contributed by atoms with Gasteiger partial charge in [-0.05, 0) is 57.0 Å². The standard InChI is InChI=1S/C28H28ClFN6O4S/c1-16-8-11-31-27(32-16)40-19-6-4-17(5-7-19)24-25-26(20-14-23(37)21(30)15-22(20)33-24)36(28(2,29)34-25)18-9-12-35(13-10-18)41(3,38)39/h4-8,11,15,18,34H,9-10,12-14H2,1-3H3. The molecule has 3 aliphatic rings. The molecule has 2 aromatic heterocycles. The molecule has 1 atom stereocenters. The number of carbonyl (C=O) groups is 1. The smallest absolute Gasteiger partial charge is 0.322 e. The molecular formula is C28H28ClFN6O4S. The van der Waals surface area contributed by atoms with Gasteiger partial charge in [0.05, 0.1) is 29.0 Å². The highest BCUT2D eigenvalue weighted by atomic mass is 35.5. The first-order valence-corrected chi connectivity index (χ1v) is 15.4. The number of ketones is 1. The van der Waals surface area contributed by atoms with Crippen molar-refractivity contribution in [3.05, 3.63) is 59.3 Å². The first-order valence-electron chi connectivity index (χ1n) is 13.2. The van der Waals surface area contributed by atoms with Crippen molar-refractivity contribution in [3.63, 3.8) is 0 Å². The van der Waals surface area contributed by atoms with Crippen LogP contribution in [-0.2, 0) is 21.2 Å². The number of rotatable bonds is 5. The third-order valence-corrected chi connectivity index (χ3v) is 9.16. The van der Waals surface area contributed by atoms with E-state index in [9.17, 15) is 17.6 Å². The fraction of sp³-hybridized carbons (Fsp3) is 0.357. The summed E-state index contributed by atoms with van der Waals surface area (Å²) in [7, 11) is -3.31. The summed E-state index contributed by atoms with van der Waals surface area (Å²) in [5, 5.41) is 2.29. The molecule has 13 heteroatoms. The second-order valence-corrected chi connectivity index (χ2v) is 13.3.